The van der Waals surface area contributed by atoms with Gasteiger partial charge in [0, 0.05) is 29.2 Å². The molecule has 0 fully saturated rings. The third kappa shape index (κ3) is 7.35. The van der Waals surface area contributed by atoms with Crippen molar-refractivity contribution in [2.45, 2.75) is 25.9 Å². The van der Waals surface area contributed by atoms with Crippen LogP contribution in [0.5, 0.6) is 11.5 Å². The Hall–Kier alpha value is -4.90. The molecule has 11 nitrogen and oxygen atoms in total. The molecule has 0 spiro atoms. The minimum absolute atomic E-state index is 0.189. The lowest BCUT2D eigenvalue weighted by Crippen LogP contribution is -2.43. The summed E-state index contributed by atoms with van der Waals surface area (Å²) in [4.78, 5) is 46.1. The Bertz CT molecular complexity index is 1640. The van der Waals surface area contributed by atoms with E-state index in [2.05, 4.69) is 10.6 Å². The van der Waals surface area contributed by atoms with Gasteiger partial charge in [0.2, 0.25) is 5.91 Å². The predicted octanol–water partition coefficient (Wildman–Crippen LogP) is 4.14. The quantitative estimate of drug-likeness (QED) is 0.354. The number of aromatic nitrogens is 3. The van der Waals surface area contributed by atoms with E-state index >= 15 is 0 Å². The summed E-state index contributed by atoms with van der Waals surface area (Å²) in [5, 5.41) is 10.9. The van der Waals surface area contributed by atoms with E-state index in [0.717, 1.165) is 5.56 Å². The highest BCUT2D eigenvalue weighted by Gasteiger charge is 2.25. The second-order valence-corrected chi connectivity index (χ2v) is 10.7. The van der Waals surface area contributed by atoms with Crippen molar-refractivity contribution < 1.29 is 23.9 Å². The average molecular weight is 617 g/mol. The number of methoxy groups -OCH3 is 1. The lowest BCUT2D eigenvalue weighted by atomic mass is 10.1. The third-order valence-corrected chi connectivity index (χ3v) is 7.30. The standard InChI is InChI=1S/C32H33ClN6O5/c1-21-30-36-29(22-8-4-3-5-9-22)37-39(30)16-17-44-25-11-6-10-23(18-25)31(41)34-14-7-15-38(20-28(40)35-21)32(42)26-19-24(33)12-13-27(26)43-2/h3-6,8-13,18-19,21H,7,14-17,20H2,1-2H3,(H,34,41)(H,35,40)/t21-/m0/s1. The van der Waals surface area contributed by atoms with Crippen LogP contribution in [-0.2, 0) is 11.3 Å². The number of nitrogens with zero attached hydrogens (tertiary/aromatic N) is 4. The Morgan fingerprint density at radius 1 is 1.02 bits per heavy atom. The van der Waals surface area contributed by atoms with Gasteiger partial charge in [-0.25, -0.2) is 9.67 Å². The molecule has 2 heterocycles. The molecule has 0 radical (unpaired) electrons. The van der Waals surface area contributed by atoms with E-state index in [1.54, 1.807) is 41.1 Å². The molecule has 2 N–H and O–H groups in total. The smallest absolute Gasteiger partial charge is 0.258 e. The molecular weight excluding hydrogens is 584 g/mol. The first kappa shape index (κ1) is 30.6. The maximum Gasteiger partial charge on any atom is 0.258 e. The van der Waals surface area contributed by atoms with E-state index in [0.29, 0.717) is 46.7 Å². The number of benzene rings is 3. The number of rotatable bonds is 3. The van der Waals surface area contributed by atoms with Gasteiger partial charge in [0.1, 0.15) is 23.9 Å². The van der Waals surface area contributed by atoms with Gasteiger partial charge in [0.05, 0.1) is 31.8 Å². The highest BCUT2D eigenvalue weighted by Crippen LogP contribution is 2.25. The molecule has 3 aromatic carbocycles. The first-order chi connectivity index (χ1) is 21.3. The molecule has 1 aliphatic rings. The van der Waals surface area contributed by atoms with Crippen LogP contribution in [0, 0.1) is 0 Å². The molecule has 3 amide bonds. The summed E-state index contributed by atoms with van der Waals surface area (Å²) in [6, 6.07) is 20.7. The molecule has 4 aromatic rings. The van der Waals surface area contributed by atoms with Gasteiger partial charge >= 0.3 is 0 Å². The van der Waals surface area contributed by atoms with E-state index in [9.17, 15) is 14.4 Å². The second kappa shape index (κ2) is 14.0. The van der Waals surface area contributed by atoms with Gasteiger partial charge in [-0.3, -0.25) is 14.4 Å². The minimum atomic E-state index is -0.536. The van der Waals surface area contributed by atoms with Gasteiger partial charge in [0.15, 0.2) is 5.82 Å². The van der Waals surface area contributed by atoms with Gasteiger partial charge in [0.25, 0.3) is 11.8 Å². The number of nitrogens with one attached hydrogen (secondary N) is 2. The van der Waals surface area contributed by atoms with Gasteiger partial charge < -0.3 is 25.0 Å². The van der Waals surface area contributed by atoms with Crippen LogP contribution in [0.15, 0.2) is 72.8 Å². The number of ether oxygens (including phenoxy) is 2. The van der Waals surface area contributed by atoms with Crippen LogP contribution in [0.25, 0.3) is 11.4 Å². The van der Waals surface area contributed by atoms with Gasteiger partial charge in [-0.2, -0.15) is 5.10 Å². The molecular formula is C32H33ClN6O5. The summed E-state index contributed by atoms with van der Waals surface area (Å²) in [6.45, 7) is 2.64. The summed E-state index contributed by atoms with van der Waals surface area (Å²) in [5.74, 6) is 0.831. The first-order valence-corrected chi connectivity index (χ1v) is 14.6. The third-order valence-electron chi connectivity index (χ3n) is 7.07. The van der Waals surface area contributed by atoms with E-state index in [1.807, 2.05) is 37.3 Å². The van der Waals surface area contributed by atoms with Crippen molar-refractivity contribution >= 4 is 29.3 Å². The summed E-state index contributed by atoms with van der Waals surface area (Å²) < 4.78 is 13.1. The van der Waals surface area contributed by atoms with Crippen molar-refractivity contribution in [2.24, 2.45) is 0 Å². The number of amides is 3. The van der Waals surface area contributed by atoms with Crippen LogP contribution < -0.4 is 20.1 Å². The summed E-state index contributed by atoms with van der Waals surface area (Å²) in [6.07, 6.45) is 0.397. The molecule has 1 aromatic heterocycles. The Balaban J connectivity index is 1.46. The molecule has 228 valence electrons. The molecule has 1 aliphatic heterocycles. The zero-order valence-electron chi connectivity index (χ0n) is 24.5. The fourth-order valence-corrected chi connectivity index (χ4v) is 5.07. The van der Waals surface area contributed by atoms with Crippen molar-refractivity contribution in [2.75, 3.05) is 33.4 Å². The van der Waals surface area contributed by atoms with Crippen LogP contribution in [-0.4, -0.2) is 70.7 Å². The van der Waals surface area contributed by atoms with Crippen molar-refractivity contribution in [3.63, 3.8) is 0 Å². The SMILES string of the molecule is COc1ccc(Cl)cc1C(=O)N1CCCNC(=O)c2cccc(c2)OCCn2nc(-c3ccccc3)nc2[C@H](C)NC(=O)C1. The molecule has 5 rings (SSSR count). The van der Waals surface area contributed by atoms with Gasteiger partial charge in [-0.15, -0.1) is 0 Å². The first-order valence-electron chi connectivity index (χ1n) is 14.3. The van der Waals surface area contributed by atoms with E-state index < -0.39 is 11.9 Å². The van der Waals surface area contributed by atoms with E-state index in [4.69, 9.17) is 31.2 Å². The maximum atomic E-state index is 13.7. The topological polar surface area (TPSA) is 128 Å². The fraction of sp³-hybridized carbons (Fsp3) is 0.281. The minimum Gasteiger partial charge on any atom is -0.496 e. The Labute approximate surface area is 260 Å². The Kier molecular flexibility index (Phi) is 9.75. The van der Waals surface area contributed by atoms with Gasteiger partial charge in [-0.1, -0.05) is 48.0 Å². The molecule has 2 bridgehead atoms. The summed E-state index contributed by atoms with van der Waals surface area (Å²) in [7, 11) is 1.46. The van der Waals surface area contributed by atoms with Crippen molar-refractivity contribution in [3.8, 4) is 22.9 Å². The van der Waals surface area contributed by atoms with Crippen LogP contribution in [0.1, 0.15) is 45.9 Å². The highest BCUT2D eigenvalue weighted by atomic mass is 35.5. The lowest BCUT2D eigenvalue weighted by molar-refractivity contribution is -0.122. The van der Waals surface area contributed by atoms with Gasteiger partial charge in [-0.05, 0) is 49.7 Å². The molecule has 0 aliphatic carbocycles. The number of hydrogen-bond donors (Lipinski definition) is 2. The average Bonchev–Trinajstić information content (AvgIpc) is 3.46. The van der Waals surface area contributed by atoms with Crippen LogP contribution >= 0.6 is 11.6 Å². The van der Waals surface area contributed by atoms with E-state index in [-0.39, 0.29) is 43.6 Å². The molecule has 0 saturated carbocycles. The largest absolute Gasteiger partial charge is 0.496 e. The molecule has 1 atom stereocenters. The number of carbonyl (C=O) groups is 3. The van der Waals surface area contributed by atoms with Crippen molar-refractivity contribution in [3.05, 3.63) is 94.8 Å². The Morgan fingerprint density at radius 2 is 1.82 bits per heavy atom. The maximum absolute atomic E-state index is 13.7. The van der Waals surface area contributed by atoms with Crippen molar-refractivity contribution in [1.29, 1.82) is 0 Å². The second-order valence-electron chi connectivity index (χ2n) is 10.2. The number of hydrogen-bond acceptors (Lipinski definition) is 7. The zero-order chi connectivity index (χ0) is 31.1. The number of fused-ring (bicyclic) bond motifs is 3. The molecule has 12 heteroatoms. The van der Waals surface area contributed by atoms with Crippen LogP contribution in [0.4, 0.5) is 0 Å². The molecule has 44 heavy (non-hydrogen) atoms. The number of carbonyl (C=O) groups excluding carboxylic acids is 3. The number of halogens is 1. The zero-order valence-corrected chi connectivity index (χ0v) is 25.2. The van der Waals surface area contributed by atoms with Crippen LogP contribution in [0.3, 0.4) is 0 Å². The summed E-state index contributed by atoms with van der Waals surface area (Å²) >= 11 is 6.20. The Morgan fingerprint density at radius 3 is 2.61 bits per heavy atom. The van der Waals surface area contributed by atoms with Crippen molar-refractivity contribution in [1.82, 2.24) is 30.3 Å². The predicted molar refractivity (Wildman–Crippen MR) is 165 cm³/mol. The molecule has 0 saturated heterocycles. The lowest BCUT2D eigenvalue weighted by Gasteiger charge is -2.24. The normalized spacial score (nSPS) is 16.4. The fourth-order valence-electron chi connectivity index (χ4n) is 4.89. The molecule has 0 unspecified atom stereocenters. The highest BCUT2D eigenvalue weighted by molar-refractivity contribution is 6.31. The monoisotopic (exact) mass is 616 g/mol. The van der Waals surface area contributed by atoms with E-state index in [1.165, 1.54) is 18.1 Å². The van der Waals surface area contributed by atoms with Crippen LogP contribution in [0.2, 0.25) is 5.02 Å². The summed E-state index contributed by atoms with van der Waals surface area (Å²) in [5.41, 5.74) is 1.51.